The van der Waals surface area contributed by atoms with Crippen LogP contribution in [-0.2, 0) is 11.9 Å². The van der Waals surface area contributed by atoms with Gasteiger partial charge in [-0.1, -0.05) is 29.6 Å². The molecular formula is C15H9F3IN5OS2. The Morgan fingerprint density at radius 2 is 2.15 bits per heavy atom. The Labute approximate surface area is 173 Å². The number of hydrogen-bond donors (Lipinski definition) is 0. The van der Waals surface area contributed by atoms with Crippen LogP contribution >= 0.6 is 46.4 Å². The molecule has 0 amide bonds. The van der Waals surface area contributed by atoms with Gasteiger partial charge in [0.05, 0.1) is 51.9 Å². The molecule has 1 aromatic carbocycles. The molecule has 0 radical (unpaired) electrons. The Morgan fingerprint density at radius 1 is 1.41 bits per heavy atom. The number of nitriles is 1. The lowest BCUT2D eigenvalue weighted by Gasteiger charge is -2.22. The molecule has 0 unspecified atom stereocenters. The van der Waals surface area contributed by atoms with Gasteiger partial charge in [0.15, 0.2) is 4.38 Å². The van der Waals surface area contributed by atoms with Gasteiger partial charge >= 0.3 is 6.18 Å². The Bertz CT molecular complexity index is 1030. The fourth-order valence-corrected chi connectivity index (χ4v) is 4.90. The Balaban J connectivity index is 1.81. The van der Waals surface area contributed by atoms with Crippen LogP contribution in [0.3, 0.4) is 0 Å². The first-order valence-corrected chi connectivity index (χ1v) is 9.99. The summed E-state index contributed by atoms with van der Waals surface area (Å²) < 4.78 is 40.1. The van der Waals surface area contributed by atoms with Crippen LogP contribution in [0.25, 0.3) is 0 Å². The molecule has 1 aliphatic heterocycles. The highest BCUT2D eigenvalue weighted by atomic mass is 127. The van der Waals surface area contributed by atoms with E-state index in [0.717, 1.165) is 12.1 Å². The summed E-state index contributed by atoms with van der Waals surface area (Å²) in [6.45, 7) is 0. The molecule has 0 N–H and O–H groups in total. The monoisotopic (exact) mass is 523 g/mol. The number of aromatic nitrogens is 2. The second kappa shape index (κ2) is 7.72. The van der Waals surface area contributed by atoms with Gasteiger partial charge < -0.3 is 0 Å². The highest BCUT2D eigenvalue weighted by Gasteiger charge is 2.31. The van der Waals surface area contributed by atoms with Crippen LogP contribution < -0.4 is 10.6 Å². The first-order chi connectivity index (χ1) is 12.7. The molecule has 0 saturated heterocycles. The minimum atomic E-state index is -4.50. The third-order valence-electron chi connectivity index (χ3n) is 3.55. The zero-order chi connectivity index (χ0) is 19.8. The summed E-state index contributed by atoms with van der Waals surface area (Å²) in [4.78, 5) is 12.7. The van der Waals surface area contributed by atoms with E-state index in [1.807, 2.05) is 0 Å². The molecule has 0 bridgehead atoms. The summed E-state index contributed by atoms with van der Waals surface area (Å²) >= 11 is 4.20. The van der Waals surface area contributed by atoms with E-state index in [1.165, 1.54) is 43.7 Å². The maximum Gasteiger partial charge on any atom is 0.416 e. The first kappa shape index (κ1) is 20.0. The predicted molar refractivity (Wildman–Crippen MR) is 107 cm³/mol. The molecule has 3 rings (SSSR count). The minimum Gasteiger partial charge on any atom is -0.266 e. The van der Waals surface area contributed by atoms with E-state index in [4.69, 9.17) is 5.26 Å². The maximum absolute atomic E-state index is 12.8. The number of benzene rings is 1. The second-order valence-corrected chi connectivity index (χ2v) is 8.42. The molecule has 6 nitrogen and oxygen atoms in total. The van der Waals surface area contributed by atoms with Crippen molar-refractivity contribution in [3.05, 3.63) is 51.4 Å². The van der Waals surface area contributed by atoms with Crippen LogP contribution in [0.1, 0.15) is 16.7 Å². The quantitative estimate of drug-likeness (QED) is 0.553. The standard InChI is InChI=1S/C15H9F3IN5OS2/c1-23-11-6-21-24(19)13(25)12(11)27-14(22-23)26-7-8-2-3-10(15(16,17)18)4-9(8)5-20/h2-4,6H,7H2,1H3. The van der Waals surface area contributed by atoms with Gasteiger partial charge in [0.1, 0.15) is 4.90 Å². The SMILES string of the molecule is CN1N=C(SCc2ccc(C(F)(F)F)cc2C#N)Sc2c1cnn(I)c2=O. The Morgan fingerprint density at radius 3 is 2.81 bits per heavy atom. The molecule has 0 spiro atoms. The van der Waals surface area contributed by atoms with Gasteiger partial charge in [-0.2, -0.15) is 31.5 Å². The topological polar surface area (TPSA) is 74.3 Å². The number of hydrazone groups is 1. The second-order valence-electron chi connectivity index (χ2n) is 5.29. The van der Waals surface area contributed by atoms with E-state index in [0.29, 0.717) is 20.5 Å². The van der Waals surface area contributed by atoms with Crippen LogP contribution in [-0.4, -0.2) is 19.4 Å². The molecule has 0 aliphatic carbocycles. The fraction of sp³-hybridized carbons (Fsp3) is 0.200. The molecule has 1 aromatic heterocycles. The van der Waals surface area contributed by atoms with Crippen molar-refractivity contribution in [1.29, 1.82) is 5.26 Å². The number of nitrogens with zero attached hydrogens (tertiary/aromatic N) is 5. The molecule has 2 heterocycles. The molecule has 0 atom stereocenters. The van der Waals surface area contributed by atoms with Crippen LogP contribution in [0.2, 0.25) is 0 Å². The van der Waals surface area contributed by atoms with Crippen LogP contribution in [0.4, 0.5) is 18.9 Å². The van der Waals surface area contributed by atoms with Gasteiger partial charge in [0, 0.05) is 12.8 Å². The van der Waals surface area contributed by atoms with Gasteiger partial charge in [-0.25, -0.2) is 0 Å². The zero-order valence-electron chi connectivity index (χ0n) is 13.5. The average Bonchev–Trinajstić information content (AvgIpc) is 2.62. The van der Waals surface area contributed by atoms with Crippen molar-refractivity contribution < 1.29 is 13.2 Å². The molecule has 0 saturated carbocycles. The van der Waals surface area contributed by atoms with E-state index in [-0.39, 0.29) is 16.9 Å². The van der Waals surface area contributed by atoms with Gasteiger partial charge in [-0.15, -0.1) is 0 Å². The summed E-state index contributed by atoms with van der Waals surface area (Å²) in [6.07, 6.45) is -2.97. The highest BCUT2D eigenvalue weighted by Crippen LogP contribution is 2.37. The predicted octanol–water partition coefficient (Wildman–Crippen LogP) is 4.08. The third kappa shape index (κ3) is 4.25. The Hall–Kier alpha value is -1.72. The summed E-state index contributed by atoms with van der Waals surface area (Å²) in [5.41, 5.74) is -0.125. The van der Waals surface area contributed by atoms with Crippen molar-refractivity contribution in [1.82, 2.24) is 7.99 Å². The molecule has 2 aromatic rings. The Kier molecular flexibility index (Phi) is 5.73. The van der Waals surface area contributed by atoms with Crippen molar-refractivity contribution >= 4 is 56.5 Å². The number of halogens is 4. The fourth-order valence-electron chi connectivity index (χ4n) is 2.20. The minimum absolute atomic E-state index is 0.0358. The van der Waals surface area contributed by atoms with Crippen molar-refractivity contribution in [3.63, 3.8) is 0 Å². The van der Waals surface area contributed by atoms with Crippen molar-refractivity contribution in [2.75, 3.05) is 12.1 Å². The van der Waals surface area contributed by atoms with Crippen LogP contribution in [0.15, 0.2) is 39.2 Å². The lowest BCUT2D eigenvalue weighted by Crippen LogP contribution is -2.25. The molecule has 12 heteroatoms. The van der Waals surface area contributed by atoms with E-state index < -0.39 is 11.7 Å². The van der Waals surface area contributed by atoms with Gasteiger partial charge in [-0.3, -0.25) is 9.80 Å². The van der Waals surface area contributed by atoms with E-state index in [9.17, 15) is 18.0 Å². The van der Waals surface area contributed by atoms with E-state index in [1.54, 1.807) is 36.0 Å². The number of thioether (sulfide) groups is 2. The number of alkyl halides is 3. The van der Waals surface area contributed by atoms with Crippen molar-refractivity contribution in [3.8, 4) is 6.07 Å². The largest absolute Gasteiger partial charge is 0.416 e. The zero-order valence-corrected chi connectivity index (χ0v) is 17.3. The lowest BCUT2D eigenvalue weighted by molar-refractivity contribution is -0.137. The van der Waals surface area contributed by atoms with Crippen LogP contribution in [0.5, 0.6) is 0 Å². The van der Waals surface area contributed by atoms with Gasteiger partial charge in [0.25, 0.3) is 5.56 Å². The third-order valence-corrected chi connectivity index (χ3v) is 6.47. The summed E-state index contributed by atoms with van der Waals surface area (Å²) in [7, 11) is 1.68. The van der Waals surface area contributed by atoms with Crippen molar-refractivity contribution in [2.24, 2.45) is 5.10 Å². The number of fused-ring (bicyclic) bond motifs is 1. The first-order valence-electron chi connectivity index (χ1n) is 7.22. The van der Waals surface area contributed by atoms with Gasteiger partial charge in [0.2, 0.25) is 0 Å². The summed E-state index contributed by atoms with van der Waals surface area (Å²) in [6, 6.07) is 4.89. The number of hydrogen-bond acceptors (Lipinski definition) is 7. The lowest BCUT2D eigenvalue weighted by atomic mass is 10.1. The number of rotatable bonds is 2. The summed E-state index contributed by atoms with van der Waals surface area (Å²) in [5, 5.41) is 19.0. The number of anilines is 1. The molecule has 1 aliphatic rings. The molecular weight excluding hydrogens is 514 g/mol. The molecule has 27 heavy (non-hydrogen) atoms. The summed E-state index contributed by atoms with van der Waals surface area (Å²) in [5.74, 6) is 0.250. The highest BCUT2D eigenvalue weighted by molar-refractivity contribution is 14.1. The van der Waals surface area contributed by atoms with E-state index in [2.05, 4.69) is 10.2 Å². The average molecular weight is 523 g/mol. The maximum atomic E-state index is 12.8. The van der Waals surface area contributed by atoms with Crippen molar-refractivity contribution in [2.45, 2.75) is 16.8 Å². The van der Waals surface area contributed by atoms with Crippen LogP contribution in [0, 0.1) is 11.3 Å². The smallest absolute Gasteiger partial charge is 0.266 e. The van der Waals surface area contributed by atoms with Gasteiger partial charge in [-0.05, 0) is 17.7 Å². The normalized spacial score (nSPS) is 13.8. The van der Waals surface area contributed by atoms with E-state index >= 15 is 0 Å². The molecule has 0 fully saturated rings. The molecule has 140 valence electrons.